The zero-order valence-corrected chi connectivity index (χ0v) is 10.8. The highest BCUT2D eigenvalue weighted by molar-refractivity contribution is 6.03. The molecule has 108 valence electrons. The minimum atomic E-state index is -0.606. The van der Waals surface area contributed by atoms with E-state index in [0.29, 0.717) is 19.6 Å². The molecule has 1 atom stereocenters. The lowest BCUT2D eigenvalue weighted by Gasteiger charge is -2.33. The largest absolute Gasteiger partial charge is 0.459 e. The first-order chi connectivity index (χ1) is 9.58. The van der Waals surface area contributed by atoms with Gasteiger partial charge in [-0.25, -0.2) is 0 Å². The number of primary amides is 1. The number of nitrogens with two attached hydrogens (primary N) is 1. The molecule has 1 fully saturated rings. The molecule has 0 bridgehead atoms. The molecule has 0 aromatic carbocycles. The molecule has 1 aromatic rings. The summed E-state index contributed by atoms with van der Waals surface area (Å²) < 4.78 is 4.88. The molecule has 2 rings (SSSR count). The summed E-state index contributed by atoms with van der Waals surface area (Å²) in [4.78, 5) is 36.3. The van der Waals surface area contributed by atoms with E-state index >= 15 is 0 Å². The third kappa shape index (κ3) is 3.43. The number of nitrogens with one attached hydrogen (secondary N) is 2. The Hall–Kier alpha value is -2.19. The Labute approximate surface area is 115 Å². The van der Waals surface area contributed by atoms with Crippen LogP contribution in [0.25, 0.3) is 0 Å². The Bertz CT molecular complexity index is 500. The van der Waals surface area contributed by atoms with E-state index in [2.05, 4.69) is 10.6 Å². The van der Waals surface area contributed by atoms with Crippen LogP contribution in [0.15, 0.2) is 22.8 Å². The van der Waals surface area contributed by atoms with Crippen molar-refractivity contribution < 1.29 is 18.8 Å². The average molecular weight is 280 g/mol. The zero-order valence-electron chi connectivity index (χ0n) is 10.8. The lowest BCUT2D eigenvalue weighted by atomic mass is 10.2. The second kappa shape index (κ2) is 6.31. The van der Waals surface area contributed by atoms with E-state index in [1.165, 1.54) is 12.3 Å². The van der Waals surface area contributed by atoms with Crippen LogP contribution in [0, 0.1) is 0 Å². The van der Waals surface area contributed by atoms with Gasteiger partial charge in [0.2, 0.25) is 11.8 Å². The van der Waals surface area contributed by atoms with Gasteiger partial charge in [-0.05, 0) is 12.1 Å². The molecule has 20 heavy (non-hydrogen) atoms. The maximum absolute atomic E-state index is 11.8. The molecule has 1 aromatic heterocycles. The van der Waals surface area contributed by atoms with E-state index in [9.17, 15) is 14.4 Å². The topological polar surface area (TPSA) is 118 Å². The fraction of sp³-hybridized carbons (Fsp3) is 0.417. The molecule has 2 heterocycles. The Morgan fingerprint density at radius 3 is 2.95 bits per heavy atom. The van der Waals surface area contributed by atoms with Crippen molar-refractivity contribution in [2.24, 2.45) is 5.73 Å². The summed E-state index contributed by atoms with van der Waals surface area (Å²) in [5.41, 5.74) is 5.28. The van der Waals surface area contributed by atoms with E-state index in [-0.39, 0.29) is 12.3 Å². The summed E-state index contributed by atoms with van der Waals surface area (Å²) in [5.74, 6) is -1.54. The third-order valence-electron chi connectivity index (χ3n) is 3.03. The molecule has 1 saturated heterocycles. The maximum atomic E-state index is 11.8. The monoisotopic (exact) mass is 280 g/mol. The van der Waals surface area contributed by atoms with Gasteiger partial charge in [0.15, 0.2) is 5.76 Å². The fourth-order valence-corrected chi connectivity index (χ4v) is 2.04. The molecular formula is C12H16N4O4. The number of hydrogen-bond donors (Lipinski definition) is 3. The summed E-state index contributed by atoms with van der Waals surface area (Å²) in [6.45, 7) is 1.50. The van der Waals surface area contributed by atoms with Gasteiger partial charge in [0.1, 0.15) is 6.04 Å². The van der Waals surface area contributed by atoms with Crippen molar-refractivity contribution in [1.29, 1.82) is 0 Å². The van der Waals surface area contributed by atoms with Crippen LogP contribution >= 0.6 is 0 Å². The summed E-state index contributed by atoms with van der Waals surface area (Å²) in [6.07, 6.45) is 1.35. The van der Waals surface area contributed by atoms with E-state index in [0.717, 1.165) is 0 Å². The summed E-state index contributed by atoms with van der Waals surface area (Å²) >= 11 is 0. The summed E-state index contributed by atoms with van der Waals surface area (Å²) in [7, 11) is 0. The van der Waals surface area contributed by atoms with Crippen molar-refractivity contribution in [3.05, 3.63) is 24.2 Å². The Morgan fingerprint density at radius 1 is 1.50 bits per heavy atom. The molecule has 0 saturated carbocycles. The molecule has 4 N–H and O–H groups in total. The normalized spacial score (nSPS) is 19.5. The highest BCUT2D eigenvalue weighted by Gasteiger charge is 2.28. The Morgan fingerprint density at radius 2 is 2.30 bits per heavy atom. The Kier molecular flexibility index (Phi) is 4.49. The van der Waals surface area contributed by atoms with Gasteiger partial charge in [0.25, 0.3) is 5.91 Å². The fourth-order valence-electron chi connectivity index (χ4n) is 2.04. The quantitative estimate of drug-likeness (QED) is 0.605. The van der Waals surface area contributed by atoms with E-state index in [1.54, 1.807) is 11.0 Å². The van der Waals surface area contributed by atoms with Gasteiger partial charge in [-0.15, -0.1) is 0 Å². The highest BCUT2D eigenvalue weighted by atomic mass is 16.3. The summed E-state index contributed by atoms with van der Waals surface area (Å²) in [6, 6.07) is 2.46. The van der Waals surface area contributed by atoms with Crippen LogP contribution in [0.5, 0.6) is 0 Å². The first-order valence-corrected chi connectivity index (χ1v) is 6.19. The second-order valence-corrected chi connectivity index (χ2v) is 4.45. The predicted molar refractivity (Wildman–Crippen MR) is 68.6 cm³/mol. The van der Waals surface area contributed by atoms with E-state index in [4.69, 9.17) is 10.2 Å². The van der Waals surface area contributed by atoms with Gasteiger partial charge in [-0.1, -0.05) is 0 Å². The lowest BCUT2D eigenvalue weighted by Crippen LogP contribution is -2.59. The molecule has 8 heteroatoms. The Balaban J connectivity index is 1.90. The number of carbonyl (C=O) groups excluding carboxylic acids is 3. The third-order valence-corrected chi connectivity index (χ3v) is 3.03. The number of hydrogen-bond acceptors (Lipinski definition) is 6. The van der Waals surface area contributed by atoms with Crippen LogP contribution in [-0.4, -0.2) is 54.8 Å². The molecular weight excluding hydrogens is 264 g/mol. The van der Waals surface area contributed by atoms with Crippen molar-refractivity contribution in [1.82, 2.24) is 15.5 Å². The van der Waals surface area contributed by atoms with Gasteiger partial charge >= 0.3 is 0 Å². The molecule has 3 amide bonds. The van der Waals surface area contributed by atoms with Crippen molar-refractivity contribution >= 4 is 17.7 Å². The van der Waals surface area contributed by atoms with Crippen molar-refractivity contribution in [3.8, 4) is 0 Å². The van der Waals surface area contributed by atoms with Crippen molar-refractivity contribution in [2.75, 3.05) is 26.2 Å². The molecule has 1 aliphatic heterocycles. The zero-order chi connectivity index (χ0) is 14.5. The lowest BCUT2D eigenvalue weighted by molar-refractivity contribution is -0.127. The van der Waals surface area contributed by atoms with Crippen LogP contribution in [0.3, 0.4) is 0 Å². The molecule has 0 radical (unpaired) electrons. The van der Waals surface area contributed by atoms with Crippen LogP contribution in [-0.2, 0) is 9.59 Å². The second-order valence-electron chi connectivity index (χ2n) is 4.45. The highest BCUT2D eigenvalue weighted by Crippen LogP contribution is 2.03. The minimum Gasteiger partial charge on any atom is -0.459 e. The summed E-state index contributed by atoms with van der Waals surface area (Å²) in [5, 5.41) is 5.23. The minimum absolute atomic E-state index is 0.0603. The SMILES string of the molecule is NC(=O)C1CNCCN1CC(=O)NC(=O)c1ccco1. The van der Waals surface area contributed by atoms with Crippen LogP contribution in [0.4, 0.5) is 0 Å². The molecule has 1 unspecified atom stereocenters. The van der Waals surface area contributed by atoms with Crippen LogP contribution < -0.4 is 16.4 Å². The number of carbonyl (C=O) groups is 3. The van der Waals surface area contributed by atoms with Crippen LogP contribution in [0.1, 0.15) is 10.6 Å². The van der Waals surface area contributed by atoms with E-state index < -0.39 is 23.8 Å². The van der Waals surface area contributed by atoms with Crippen LogP contribution in [0.2, 0.25) is 0 Å². The number of imide groups is 1. The predicted octanol–water partition coefficient (Wildman–Crippen LogP) is -1.70. The first kappa shape index (κ1) is 14.2. The average Bonchev–Trinajstić information content (AvgIpc) is 2.92. The van der Waals surface area contributed by atoms with Gasteiger partial charge in [-0.3, -0.25) is 24.6 Å². The molecule has 1 aliphatic rings. The van der Waals surface area contributed by atoms with Crippen molar-refractivity contribution in [3.63, 3.8) is 0 Å². The number of furan rings is 1. The van der Waals surface area contributed by atoms with Gasteiger partial charge < -0.3 is 15.5 Å². The van der Waals surface area contributed by atoms with Gasteiger partial charge in [-0.2, -0.15) is 0 Å². The first-order valence-electron chi connectivity index (χ1n) is 6.19. The number of nitrogens with zero attached hydrogens (tertiary/aromatic N) is 1. The molecule has 0 aliphatic carbocycles. The number of amides is 3. The van der Waals surface area contributed by atoms with E-state index in [1.807, 2.05) is 0 Å². The molecule has 8 nitrogen and oxygen atoms in total. The smallest absolute Gasteiger partial charge is 0.293 e. The molecule has 0 spiro atoms. The van der Waals surface area contributed by atoms with Gasteiger partial charge in [0, 0.05) is 19.6 Å². The number of rotatable bonds is 4. The standard InChI is InChI=1S/C12H16N4O4/c13-11(18)8-6-14-3-4-16(8)7-10(17)15-12(19)9-2-1-5-20-9/h1-2,5,8,14H,3-4,6-7H2,(H2,13,18)(H,15,17,19). The maximum Gasteiger partial charge on any atom is 0.293 e. The van der Waals surface area contributed by atoms with Gasteiger partial charge in [0.05, 0.1) is 12.8 Å². The number of piperazine rings is 1. The van der Waals surface area contributed by atoms with Crippen molar-refractivity contribution in [2.45, 2.75) is 6.04 Å².